The van der Waals surface area contributed by atoms with Crippen molar-refractivity contribution in [2.24, 2.45) is 5.73 Å². The van der Waals surface area contributed by atoms with Crippen LogP contribution >= 0.6 is 0 Å². The summed E-state index contributed by atoms with van der Waals surface area (Å²) in [6, 6.07) is 1.99. The number of phenolic OH excluding ortho intramolecular Hbond substituents is 1. The van der Waals surface area contributed by atoms with Gasteiger partial charge in [0.05, 0.1) is 4.90 Å². The van der Waals surface area contributed by atoms with Crippen LogP contribution in [-0.4, -0.2) is 30.9 Å². The molecule has 0 radical (unpaired) electrons. The predicted molar refractivity (Wildman–Crippen MR) is 55.8 cm³/mol. The Balaban J connectivity index is 3.25. The van der Waals surface area contributed by atoms with E-state index in [1.54, 1.807) is 0 Å². The van der Waals surface area contributed by atoms with E-state index in [-0.39, 0.29) is 10.5 Å². The Morgan fingerprint density at radius 3 is 2.38 bits per heavy atom. The summed E-state index contributed by atoms with van der Waals surface area (Å²) in [5, 5.41) is 18.1. The van der Waals surface area contributed by atoms with Crippen LogP contribution in [0.5, 0.6) is 5.75 Å². The van der Waals surface area contributed by atoms with E-state index in [2.05, 4.69) is 0 Å². The third-order valence-corrected chi connectivity index (χ3v) is 3.14. The van der Waals surface area contributed by atoms with Crippen LogP contribution in [0.1, 0.15) is 11.6 Å². The SMILES string of the molecule is CS(=O)(=O)c1ccc(C(N)C(=O)O)c(O)c1. The average molecular weight is 245 g/mol. The molecule has 0 aliphatic rings. The van der Waals surface area contributed by atoms with Gasteiger partial charge in [-0.25, -0.2) is 8.42 Å². The number of carboxylic acids is 1. The average Bonchev–Trinajstić information content (AvgIpc) is 2.15. The molecule has 0 aliphatic heterocycles. The van der Waals surface area contributed by atoms with Crippen molar-refractivity contribution in [2.75, 3.05) is 6.26 Å². The lowest BCUT2D eigenvalue weighted by molar-refractivity contribution is -0.138. The van der Waals surface area contributed by atoms with Gasteiger partial charge in [-0.3, -0.25) is 4.79 Å². The molecule has 0 saturated carbocycles. The molecule has 1 rings (SSSR count). The molecule has 1 aromatic rings. The first-order valence-corrected chi connectivity index (χ1v) is 6.14. The zero-order valence-electron chi connectivity index (χ0n) is 8.41. The van der Waals surface area contributed by atoms with Crippen LogP contribution in [-0.2, 0) is 14.6 Å². The van der Waals surface area contributed by atoms with Crippen molar-refractivity contribution in [3.05, 3.63) is 23.8 Å². The number of aromatic hydroxyl groups is 1. The number of rotatable bonds is 3. The van der Waals surface area contributed by atoms with Crippen LogP contribution in [0.4, 0.5) is 0 Å². The summed E-state index contributed by atoms with van der Waals surface area (Å²) in [5.74, 6) is -1.75. The van der Waals surface area contributed by atoms with Gasteiger partial charge in [-0.2, -0.15) is 0 Å². The molecule has 0 saturated heterocycles. The monoisotopic (exact) mass is 245 g/mol. The second kappa shape index (κ2) is 4.11. The maximum Gasteiger partial charge on any atom is 0.325 e. The minimum Gasteiger partial charge on any atom is -0.508 e. The first-order chi connectivity index (χ1) is 7.23. The standard InChI is InChI=1S/C9H11NO5S/c1-16(14,15)5-2-3-6(7(11)4-5)8(10)9(12)13/h2-4,8,11H,10H2,1H3,(H,12,13). The molecule has 1 unspecified atom stereocenters. The van der Waals surface area contributed by atoms with Gasteiger partial charge in [-0.15, -0.1) is 0 Å². The molecule has 6 nitrogen and oxygen atoms in total. The van der Waals surface area contributed by atoms with Crippen LogP contribution in [0.3, 0.4) is 0 Å². The Hall–Kier alpha value is -1.60. The van der Waals surface area contributed by atoms with Crippen LogP contribution in [0, 0.1) is 0 Å². The van der Waals surface area contributed by atoms with Crippen molar-refractivity contribution in [3.63, 3.8) is 0 Å². The molecule has 1 aromatic carbocycles. The van der Waals surface area contributed by atoms with Crippen LogP contribution < -0.4 is 5.73 Å². The number of sulfone groups is 1. The summed E-state index contributed by atoms with van der Waals surface area (Å²) in [4.78, 5) is 10.5. The summed E-state index contributed by atoms with van der Waals surface area (Å²) in [6.45, 7) is 0. The minimum atomic E-state index is -3.44. The van der Waals surface area contributed by atoms with Crippen molar-refractivity contribution in [1.82, 2.24) is 0 Å². The van der Waals surface area contributed by atoms with E-state index in [0.717, 1.165) is 12.3 Å². The Labute approximate surface area is 92.2 Å². The van der Waals surface area contributed by atoms with Crippen LogP contribution in [0.25, 0.3) is 0 Å². The lowest BCUT2D eigenvalue weighted by Crippen LogP contribution is -2.20. The fourth-order valence-electron chi connectivity index (χ4n) is 1.15. The van der Waals surface area contributed by atoms with Gasteiger partial charge in [-0.1, -0.05) is 6.07 Å². The van der Waals surface area contributed by atoms with Crippen LogP contribution in [0.15, 0.2) is 23.1 Å². The maximum absolute atomic E-state index is 11.1. The molecule has 7 heteroatoms. The second-order valence-electron chi connectivity index (χ2n) is 3.31. The van der Waals surface area contributed by atoms with Gasteiger partial charge in [0.25, 0.3) is 0 Å². The van der Waals surface area contributed by atoms with Gasteiger partial charge in [0.1, 0.15) is 11.8 Å². The van der Waals surface area contributed by atoms with Gasteiger partial charge in [0, 0.05) is 11.8 Å². The van der Waals surface area contributed by atoms with Crippen LogP contribution in [0.2, 0.25) is 0 Å². The highest BCUT2D eigenvalue weighted by Crippen LogP contribution is 2.26. The molecule has 0 aliphatic carbocycles. The lowest BCUT2D eigenvalue weighted by atomic mass is 10.1. The first-order valence-electron chi connectivity index (χ1n) is 4.25. The fourth-order valence-corrected chi connectivity index (χ4v) is 1.79. The predicted octanol–water partition coefficient (Wildman–Crippen LogP) is -0.120. The summed E-state index contributed by atoms with van der Waals surface area (Å²) >= 11 is 0. The number of aliphatic carboxylic acids is 1. The molecule has 0 bridgehead atoms. The highest BCUT2D eigenvalue weighted by atomic mass is 32.2. The molecule has 1 atom stereocenters. The third kappa shape index (κ3) is 2.50. The summed E-state index contributed by atoms with van der Waals surface area (Å²) in [5.41, 5.74) is 5.26. The van der Waals surface area contributed by atoms with Gasteiger partial charge in [0.15, 0.2) is 9.84 Å². The Kier molecular flexibility index (Phi) is 3.20. The second-order valence-corrected chi connectivity index (χ2v) is 5.32. The van der Waals surface area contributed by atoms with Gasteiger partial charge in [0.2, 0.25) is 0 Å². The molecule has 0 aromatic heterocycles. The number of hydrogen-bond donors (Lipinski definition) is 3. The number of carbonyl (C=O) groups is 1. The van der Waals surface area contributed by atoms with E-state index >= 15 is 0 Å². The van der Waals surface area contributed by atoms with Crippen molar-refractivity contribution in [2.45, 2.75) is 10.9 Å². The fraction of sp³-hybridized carbons (Fsp3) is 0.222. The first kappa shape index (κ1) is 12.5. The molecule has 0 spiro atoms. The van der Waals surface area contributed by atoms with Crippen molar-refractivity contribution in [3.8, 4) is 5.75 Å². The van der Waals surface area contributed by atoms with Crippen molar-refractivity contribution in [1.29, 1.82) is 0 Å². The maximum atomic E-state index is 11.1. The molecule has 88 valence electrons. The Bertz CT molecular complexity index is 523. The van der Waals surface area contributed by atoms with Gasteiger partial charge >= 0.3 is 5.97 Å². The van der Waals surface area contributed by atoms with E-state index in [4.69, 9.17) is 10.8 Å². The van der Waals surface area contributed by atoms with Gasteiger partial charge in [-0.05, 0) is 12.1 Å². The Morgan fingerprint density at radius 2 is 2.00 bits per heavy atom. The molecular formula is C9H11NO5S. The third-order valence-electron chi connectivity index (χ3n) is 2.03. The molecule has 16 heavy (non-hydrogen) atoms. The smallest absolute Gasteiger partial charge is 0.325 e. The number of carboxylic acid groups (broad SMARTS) is 1. The van der Waals surface area contributed by atoms with Gasteiger partial charge < -0.3 is 15.9 Å². The van der Waals surface area contributed by atoms with Crippen molar-refractivity contribution >= 4 is 15.8 Å². The topological polar surface area (TPSA) is 118 Å². The minimum absolute atomic E-state index is 0.0279. The summed E-state index contributed by atoms with van der Waals surface area (Å²) in [6.07, 6.45) is 0.985. The molecule has 0 heterocycles. The molecule has 4 N–H and O–H groups in total. The van der Waals surface area contributed by atoms with E-state index in [1.807, 2.05) is 0 Å². The Morgan fingerprint density at radius 1 is 1.44 bits per heavy atom. The van der Waals surface area contributed by atoms with E-state index < -0.39 is 27.6 Å². The summed E-state index contributed by atoms with van der Waals surface area (Å²) in [7, 11) is -3.44. The van der Waals surface area contributed by atoms with E-state index in [1.165, 1.54) is 12.1 Å². The summed E-state index contributed by atoms with van der Waals surface area (Å²) < 4.78 is 22.3. The number of benzene rings is 1. The zero-order chi connectivity index (χ0) is 12.5. The number of phenols is 1. The number of hydrogen-bond acceptors (Lipinski definition) is 5. The normalized spacial score (nSPS) is 13.4. The van der Waals surface area contributed by atoms with E-state index in [9.17, 15) is 18.3 Å². The largest absolute Gasteiger partial charge is 0.508 e. The lowest BCUT2D eigenvalue weighted by Gasteiger charge is -2.09. The highest BCUT2D eigenvalue weighted by molar-refractivity contribution is 7.90. The molecule has 0 fully saturated rings. The zero-order valence-corrected chi connectivity index (χ0v) is 9.23. The van der Waals surface area contributed by atoms with E-state index in [0.29, 0.717) is 0 Å². The quantitative estimate of drug-likeness (QED) is 0.683. The molecular weight excluding hydrogens is 234 g/mol. The highest BCUT2D eigenvalue weighted by Gasteiger charge is 2.19. The molecule has 0 amide bonds. The number of nitrogens with two attached hydrogens (primary N) is 1. The van der Waals surface area contributed by atoms with Crippen molar-refractivity contribution < 1.29 is 23.4 Å².